The zero-order valence-electron chi connectivity index (χ0n) is 17.7. The number of benzene rings is 5. The standard InChI is InChI=1S/C30H21NO/c1-32-22-17-14-21(15-18-22)29-23-9-3-5-11-25(23)30(26-12-6-4-10-24(26)29)28-19-16-20-8-2-7-13-27(20)31-28/h2-19H,1H3. The van der Waals surface area contributed by atoms with Crippen molar-refractivity contribution in [2.45, 2.75) is 0 Å². The lowest BCUT2D eigenvalue weighted by Crippen LogP contribution is -1.93. The topological polar surface area (TPSA) is 22.1 Å². The molecule has 0 aliphatic heterocycles. The first-order valence-electron chi connectivity index (χ1n) is 10.8. The number of methoxy groups -OCH3 is 1. The maximum Gasteiger partial charge on any atom is 0.118 e. The molecule has 5 aromatic carbocycles. The van der Waals surface area contributed by atoms with Crippen LogP contribution in [-0.4, -0.2) is 12.1 Å². The summed E-state index contributed by atoms with van der Waals surface area (Å²) in [5, 5.41) is 6.02. The summed E-state index contributed by atoms with van der Waals surface area (Å²) in [5.74, 6) is 0.861. The molecular formula is C30H21NO. The van der Waals surface area contributed by atoms with Crippen LogP contribution in [0.2, 0.25) is 0 Å². The third-order valence-corrected chi connectivity index (χ3v) is 6.16. The Hall–Kier alpha value is -4.17. The lowest BCUT2D eigenvalue weighted by atomic mass is 9.87. The molecule has 0 saturated heterocycles. The van der Waals surface area contributed by atoms with Gasteiger partial charge in [-0.3, -0.25) is 0 Å². The van der Waals surface area contributed by atoms with Crippen LogP contribution in [0, 0.1) is 0 Å². The van der Waals surface area contributed by atoms with Crippen LogP contribution in [0.4, 0.5) is 0 Å². The summed E-state index contributed by atoms with van der Waals surface area (Å²) < 4.78 is 5.38. The van der Waals surface area contributed by atoms with Crippen molar-refractivity contribution in [3.05, 3.63) is 109 Å². The molecule has 0 radical (unpaired) electrons. The zero-order chi connectivity index (χ0) is 21.5. The van der Waals surface area contributed by atoms with E-state index in [2.05, 4.69) is 91.0 Å². The van der Waals surface area contributed by atoms with Crippen LogP contribution in [0.25, 0.3) is 54.8 Å². The van der Waals surface area contributed by atoms with Gasteiger partial charge in [0, 0.05) is 10.9 Å². The number of hydrogen-bond acceptors (Lipinski definition) is 2. The summed E-state index contributed by atoms with van der Waals surface area (Å²) in [5.41, 5.74) is 5.61. The van der Waals surface area contributed by atoms with Crippen molar-refractivity contribution < 1.29 is 4.74 Å². The van der Waals surface area contributed by atoms with Crippen LogP contribution in [-0.2, 0) is 0 Å². The van der Waals surface area contributed by atoms with Gasteiger partial charge in [-0.2, -0.15) is 0 Å². The molecule has 0 N–H and O–H groups in total. The van der Waals surface area contributed by atoms with Crippen LogP contribution >= 0.6 is 0 Å². The SMILES string of the molecule is COc1ccc(-c2c3ccccc3c(-c3ccc4ccccc4n3)c3ccccc23)cc1. The van der Waals surface area contributed by atoms with E-state index >= 15 is 0 Å². The van der Waals surface area contributed by atoms with Gasteiger partial charge in [0.15, 0.2) is 0 Å². The van der Waals surface area contributed by atoms with Gasteiger partial charge in [0.1, 0.15) is 5.75 Å². The Balaban J connectivity index is 1.73. The van der Waals surface area contributed by atoms with Gasteiger partial charge in [0.25, 0.3) is 0 Å². The van der Waals surface area contributed by atoms with Gasteiger partial charge in [0.2, 0.25) is 0 Å². The number of hydrogen-bond donors (Lipinski definition) is 0. The second-order valence-electron chi connectivity index (χ2n) is 7.96. The van der Waals surface area contributed by atoms with Crippen molar-refractivity contribution in [3.63, 3.8) is 0 Å². The van der Waals surface area contributed by atoms with E-state index in [9.17, 15) is 0 Å². The third kappa shape index (κ3) is 2.92. The molecule has 0 spiro atoms. The maximum atomic E-state index is 5.38. The molecule has 2 nitrogen and oxygen atoms in total. The summed E-state index contributed by atoms with van der Waals surface area (Å²) in [4.78, 5) is 5.05. The Morgan fingerprint density at radius 3 is 1.72 bits per heavy atom. The van der Waals surface area contributed by atoms with Crippen molar-refractivity contribution >= 4 is 32.4 Å². The van der Waals surface area contributed by atoms with Crippen LogP contribution in [0.5, 0.6) is 5.75 Å². The van der Waals surface area contributed by atoms with E-state index in [0.29, 0.717) is 0 Å². The highest BCUT2D eigenvalue weighted by Crippen LogP contribution is 2.43. The number of nitrogens with zero attached hydrogens (tertiary/aromatic N) is 1. The lowest BCUT2D eigenvalue weighted by molar-refractivity contribution is 0.415. The highest BCUT2D eigenvalue weighted by molar-refractivity contribution is 6.21. The Kier molecular flexibility index (Phi) is 4.36. The molecule has 0 aliphatic carbocycles. The fourth-order valence-corrected chi connectivity index (χ4v) is 4.68. The third-order valence-electron chi connectivity index (χ3n) is 6.16. The number of aromatic nitrogens is 1. The minimum atomic E-state index is 0.861. The Morgan fingerprint density at radius 1 is 0.531 bits per heavy atom. The zero-order valence-corrected chi connectivity index (χ0v) is 17.7. The molecule has 6 aromatic rings. The summed E-state index contributed by atoms with van der Waals surface area (Å²) >= 11 is 0. The first-order chi connectivity index (χ1) is 15.8. The number of para-hydroxylation sites is 1. The highest BCUT2D eigenvalue weighted by atomic mass is 16.5. The largest absolute Gasteiger partial charge is 0.497 e. The monoisotopic (exact) mass is 411 g/mol. The molecule has 2 heteroatoms. The van der Waals surface area contributed by atoms with Crippen molar-refractivity contribution in [2.24, 2.45) is 0 Å². The minimum Gasteiger partial charge on any atom is -0.497 e. The average molecular weight is 412 g/mol. The second kappa shape index (κ2) is 7.51. The average Bonchev–Trinajstić information content (AvgIpc) is 2.87. The Bertz CT molecular complexity index is 1540. The molecule has 0 aliphatic rings. The molecule has 152 valence electrons. The first-order valence-corrected chi connectivity index (χ1v) is 10.8. The molecule has 0 fully saturated rings. The van der Waals surface area contributed by atoms with Gasteiger partial charge in [0.05, 0.1) is 18.3 Å². The first kappa shape index (κ1) is 18.6. The highest BCUT2D eigenvalue weighted by Gasteiger charge is 2.17. The predicted molar refractivity (Wildman–Crippen MR) is 134 cm³/mol. The van der Waals surface area contributed by atoms with E-state index in [0.717, 1.165) is 22.3 Å². The molecule has 6 rings (SSSR count). The van der Waals surface area contributed by atoms with E-state index in [4.69, 9.17) is 9.72 Å². The van der Waals surface area contributed by atoms with Gasteiger partial charge in [-0.25, -0.2) is 4.98 Å². The summed E-state index contributed by atoms with van der Waals surface area (Å²) in [6, 6.07) is 38.2. The quantitative estimate of drug-likeness (QED) is 0.276. The fourth-order valence-electron chi connectivity index (χ4n) is 4.68. The van der Waals surface area contributed by atoms with Gasteiger partial charge in [-0.1, -0.05) is 84.9 Å². The smallest absolute Gasteiger partial charge is 0.118 e. The predicted octanol–water partition coefficient (Wildman–Crippen LogP) is 7.88. The van der Waals surface area contributed by atoms with Crippen molar-refractivity contribution in [2.75, 3.05) is 7.11 Å². The number of fused-ring (bicyclic) bond motifs is 3. The lowest BCUT2D eigenvalue weighted by Gasteiger charge is -2.17. The second-order valence-corrected chi connectivity index (χ2v) is 7.96. The van der Waals surface area contributed by atoms with Crippen LogP contribution in [0.3, 0.4) is 0 Å². The normalized spacial score (nSPS) is 11.3. The molecule has 1 aromatic heterocycles. The van der Waals surface area contributed by atoms with Gasteiger partial charge in [-0.05, 0) is 56.9 Å². The van der Waals surface area contributed by atoms with Crippen molar-refractivity contribution in [1.29, 1.82) is 0 Å². The van der Waals surface area contributed by atoms with Crippen LogP contribution < -0.4 is 4.74 Å². The number of rotatable bonds is 3. The molecule has 0 atom stereocenters. The Labute approximate surface area is 186 Å². The molecule has 32 heavy (non-hydrogen) atoms. The van der Waals surface area contributed by atoms with Crippen LogP contribution in [0.1, 0.15) is 0 Å². The van der Waals surface area contributed by atoms with E-state index in [1.54, 1.807) is 7.11 Å². The van der Waals surface area contributed by atoms with E-state index in [1.165, 1.54) is 38.2 Å². The van der Waals surface area contributed by atoms with Crippen molar-refractivity contribution in [3.8, 4) is 28.1 Å². The number of pyridine rings is 1. The molecule has 0 saturated carbocycles. The van der Waals surface area contributed by atoms with Gasteiger partial charge >= 0.3 is 0 Å². The number of ether oxygens (including phenoxy) is 1. The van der Waals surface area contributed by atoms with Crippen molar-refractivity contribution in [1.82, 2.24) is 4.98 Å². The maximum absolute atomic E-state index is 5.38. The summed E-state index contributed by atoms with van der Waals surface area (Å²) in [6.07, 6.45) is 0. The molecule has 0 amide bonds. The molecule has 0 unspecified atom stereocenters. The van der Waals surface area contributed by atoms with E-state index in [-0.39, 0.29) is 0 Å². The van der Waals surface area contributed by atoms with E-state index < -0.39 is 0 Å². The molecule has 1 heterocycles. The van der Waals surface area contributed by atoms with Crippen LogP contribution in [0.15, 0.2) is 109 Å². The molecular weight excluding hydrogens is 390 g/mol. The van der Waals surface area contributed by atoms with Gasteiger partial charge < -0.3 is 4.74 Å². The molecule has 0 bridgehead atoms. The minimum absolute atomic E-state index is 0.861. The van der Waals surface area contributed by atoms with Gasteiger partial charge in [-0.15, -0.1) is 0 Å². The Morgan fingerprint density at radius 2 is 1.09 bits per heavy atom. The van der Waals surface area contributed by atoms with E-state index in [1.807, 2.05) is 18.2 Å². The summed E-state index contributed by atoms with van der Waals surface area (Å²) in [7, 11) is 1.70. The fraction of sp³-hybridized carbons (Fsp3) is 0.0333. The summed E-state index contributed by atoms with van der Waals surface area (Å²) in [6.45, 7) is 0.